The van der Waals surface area contributed by atoms with Crippen LogP contribution in [0.4, 0.5) is 11.5 Å². The van der Waals surface area contributed by atoms with Crippen LogP contribution in [0.2, 0.25) is 0 Å². The first kappa shape index (κ1) is 20.1. The summed E-state index contributed by atoms with van der Waals surface area (Å²) in [6.45, 7) is 9.21. The van der Waals surface area contributed by atoms with Crippen LogP contribution in [0.3, 0.4) is 0 Å². The number of aromatic nitrogens is 4. The highest BCUT2D eigenvalue weighted by Gasteiger charge is 2.22. The van der Waals surface area contributed by atoms with Crippen LogP contribution in [-0.4, -0.2) is 69.9 Å². The third-order valence-electron chi connectivity index (χ3n) is 5.72. The van der Waals surface area contributed by atoms with Gasteiger partial charge in [-0.15, -0.1) is 15.3 Å². The van der Waals surface area contributed by atoms with Gasteiger partial charge in [0.1, 0.15) is 5.82 Å². The van der Waals surface area contributed by atoms with E-state index in [0.29, 0.717) is 18.5 Å². The van der Waals surface area contributed by atoms with E-state index >= 15 is 0 Å². The average Bonchev–Trinajstić information content (AvgIpc) is 3.21. The van der Waals surface area contributed by atoms with E-state index in [9.17, 15) is 4.79 Å². The fraction of sp³-hybridized carbons (Fsp3) is 0.455. The van der Waals surface area contributed by atoms with Crippen LogP contribution in [0.15, 0.2) is 42.5 Å². The highest BCUT2D eigenvalue weighted by Crippen LogP contribution is 2.17. The van der Waals surface area contributed by atoms with Gasteiger partial charge in [-0.1, -0.05) is 18.2 Å². The summed E-state index contributed by atoms with van der Waals surface area (Å²) in [7, 11) is 0. The van der Waals surface area contributed by atoms with Crippen molar-refractivity contribution in [3.8, 4) is 0 Å². The zero-order valence-corrected chi connectivity index (χ0v) is 17.7. The predicted octanol–water partition coefficient (Wildman–Crippen LogP) is 2.25. The fourth-order valence-electron chi connectivity index (χ4n) is 3.93. The number of carbonyl (C=O) groups excluding carboxylic acids is 1. The quantitative estimate of drug-likeness (QED) is 0.598. The summed E-state index contributed by atoms with van der Waals surface area (Å²) in [5, 5.41) is 13.2. The van der Waals surface area contributed by atoms with E-state index in [1.54, 1.807) is 4.52 Å². The van der Waals surface area contributed by atoms with Crippen molar-refractivity contribution in [1.82, 2.24) is 24.7 Å². The summed E-state index contributed by atoms with van der Waals surface area (Å²) in [6.07, 6.45) is 0.955. The minimum atomic E-state index is 0.166. The molecule has 0 aliphatic carbocycles. The monoisotopic (exact) mass is 407 g/mol. The van der Waals surface area contributed by atoms with Crippen molar-refractivity contribution in [3.63, 3.8) is 0 Å². The topological polar surface area (TPSA) is 69.9 Å². The zero-order valence-electron chi connectivity index (χ0n) is 17.7. The van der Waals surface area contributed by atoms with Crippen LogP contribution in [0.5, 0.6) is 0 Å². The van der Waals surface area contributed by atoms with Crippen molar-refractivity contribution in [1.29, 1.82) is 0 Å². The number of nitrogens with zero attached hydrogens (tertiary/aromatic N) is 7. The summed E-state index contributed by atoms with van der Waals surface area (Å²) in [5.74, 6) is 1.80. The van der Waals surface area contributed by atoms with Gasteiger partial charge in [-0.3, -0.25) is 4.79 Å². The molecule has 3 heterocycles. The molecule has 2 aromatic heterocycles. The Balaban J connectivity index is 1.36. The molecule has 158 valence electrons. The largest absolute Gasteiger partial charge is 0.368 e. The Morgan fingerprint density at radius 1 is 0.967 bits per heavy atom. The molecule has 1 saturated heterocycles. The lowest BCUT2D eigenvalue weighted by Crippen LogP contribution is -2.48. The minimum absolute atomic E-state index is 0.166. The number of carbonyl (C=O) groups is 1. The van der Waals surface area contributed by atoms with Crippen molar-refractivity contribution in [2.75, 3.05) is 49.1 Å². The lowest BCUT2D eigenvalue weighted by molar-refractivity contribution is -0.131. The second kappa shape index (κ2) is 9.11. The van der Waals surface area contributed by atoms with Crippen molar-refractivity contribution in [3.05, 3.63) is 48.3 Å². The van der Waals surface area contributed by atoms with Gasteiger partial charge in [-0.2, -0.15) is 4.52 Å². The number of hydrogen-bond donors (Lipinski definition) is 0. The van der Waals surface area contributed by atoms with Gasteiger partial charge in [0.2, 0.25) is 5.91 Å². The Hall–Kier alpha value is -3.16. The molecule has 0 unspecified atom stereocenters. The number of amides is 1. The molecule has 8 nitrogen and oxygen atoms in total. The molecular weight excluding hydrogens is 378 g/mol. The van der Waals surface area contributed by atoms with Crippen LogP contribution >= 0.6 is 0 Å². The van der Waals surface area contributed by atoms with Crippen molar-refractivity contribution >= 4 is 23.1 Å². The second-order valence-corrected chi connectivity index (χ2v) is 7.45. The number of aryl methyl sites for hydroxylation is 1. The maximum absolute atomic E-state index is 12.8. The van der Waals surface area contributed by atoms with Crippen molar-refractivity contribution in [2.45, 2.75) is 26.7 Å². The number of piperazine rings is 1. The van der Waals surface area contributed by atoms with Crippen LogP contribution in [0.1, 0.15) is 26.1 Å². The first-order valence-corrected chi connectivity index (χ1v) is 10.7. The van der Waals surface area contributed by atoms with Crippen molar-refractivity contribution in [2.24, 2.45) is 0 Å². The molecule has 0 bridgehead atoms. The van der Waals surface area contributed by atoms with Gasteiger partial charge in [-0.05, 0) is 38.1 Å². The van der Waals surface area contributed by atoms with E-state index in [1.807, 2.05) is 23.1 Å². The Labute approximate surface area is 177 Å². The Morgan fingerprint density at radius 3 is 2.40 bits per heavy atom. The van der Waals surface area contributed by atoms with Gasteiger partial charge >= 0.3 is 0 Å². The molecule has 0 spiro atoms. The summed E-state index contributed by atoms with van der Waals surface area (Å²) in [5.41, 5.74) is 1.93. The maximum atomic E-state index is 12.8. The molecular formula is C22H29N7O. The van der Waals surface area contributed by atoms with Gasteiger partial charge in [0.15, 0.2) is 11.5 Å². The van der Waals surface area contributed by atoms with Crippen LogP contribution in [0, 0.1) is 0 Å². The van der Waals surface area contributed by atoms with Gasteiger partial charge in [-0.25, -0.2) is 0 Å². The minimum Gasteiger partial charge on any atom is -0.368 e. The average molecular weight is 408 g/mol. The van der Waals surface area contributed by atoms with E-state index < -0.39 is 0 Å². The number of anilines is 2. The number of rotatable bonds is 7. The maximum Gasteiger partial charge on any atom is 0.223 e. The Bertz CT molecular complexity index is 976. The normalized spacial score (nSPS) is 14.3. The summed E-state index contributed by atoms with van der Waals surface area (Å²) in [4.78, 5) is 19.2. The Morgan fingerprint density at radius 2 is 1.70 bits per heavy atom. The van der Waals surface area contributed by atoms with Crippen LogP contribution in [-0.2, 0) is 11.2 Å². The lowest BCUT2D eigenvalue weighted by Gasteiger charge is -2.36. The third kappa shape index (κ3) is 4.22. The summed E-state index contributed by atoms with van der Waals surface area (Å²) < 4.78 is 1.77. The standard InChI is InChI=1S/C22H29N7O/c1-3-26(4-2)21-11-10-19-23-24-20(29(19)25-21)12-13-22(30)28-16-14-27(15-17-28)18-8-6-5-7-9-18/h5-11H,3-4,12-17H2,1-2H3. The van der Waals surface area contributed by atoms with E-state index in [0.717, 1.165) is 50.9 Å². The second-order valence-electron chi connectivity index (χ2n) is 7.45. The van der Waals surface area contributed by atoms with E-state index in [2.05, 4.69) is 58.1 Å². The lowest BCUT2D eigenvalue weighted by atomic mass is 10.2. The fourth-order valence-corrected chi connectivity index (χ4v) is 3.93. The first-order chi connectivity index (χ1) is 14.7. The number of hydrogen-bond acceptors (Lipinski definition) is 6. The molecule has 1 aliphatic rings. The third-order valence-corrected chi connectivity index (χ3v) is 5.72. The number of para-hydroxylation sites is 1. The zero-order chi connectivity index (χ0) is 20.9. The van der Waals surface area contributed by atoms with Gasteiger partial charge in [0.25, 0.3) is 0 Å². The van der Waals surface area contributed by atoms with Crippen LogP contribution < -0.4 is 9.80 Å². The SMILES string of the molecule is CCN(CC)c1ccc2nnc(CCC(=O)N3CCN(c4ccccc4)CC3)n2n1. The molecule has 3 aromatic rings. The number of fused-ring (bicyclic) bond motifs is 1. The van der Waals surface area contributed by atoms with Crippen molar-refractivity contribution < 1.29 is 4.79 Å². The van der Waals surface area contributed by atoms with E-state index in [-0.39, 0.29) is 5.91 Å². The molecule has 0 atom stereocenters. The van der Waals surface area contributed by atoms with Crippen LogP contribution in [0.25, 0.3) is 5.65 Å². The van der Waals surface area contributed by atoms with Gasteiger partial charge in [0.05, 0.1) is 0 Å². The predicted molar refractivity (Wildman–Crippen MR) is 118 cm³/mol. The summed E-state index contributed by atoms with van der Waals surface area (Å²) in [6, 6.07) is 14.3. The summed E-state index contributed by atoms with van der Waals surface area (Å²) >= 11 is 0. The highest BCUT2D eigenvalue weighted by molar-refractivity contribution is 5.76. The molecule has 0 radical (unpaired) electrons. The van der Waals surface area contributed by atoms with E-state index in [4.69, 9.17) is 5.10 Å². The molecule has 1 aromatic carbocycles. The smallest absolute Gasteiger partial charge is 0.223 e. The molecule has 30 heavy (non-hydrogen) atoms. The molecule has 4 rings (SSSR count). The first-order valence-electron chi connectivity index (χ1n) is 10.7. The van der Waals surface area contributed by atoms with E-state index in [1.165, 1.54) is 5.69 Å². The molecule has 1 amide bonds. The van der Waals surface area contributed by atoms with Gasteiger partial charge in [0, 0.05) is 57.8 Å². The van der Waals surface area contributed by atoms with Gasteiger partial charge < -0.3 is 14.7 Å². The molecule has 0 N–H and O–H groups in total. The Kier molecular flexibility index (Phi) is 6.11. The highest BCUT2D eigenvalue weighted by atomic mass is 16.2. The number of benzene rings is 1. The molecule has 8 heteroatoms. The molecule has 1 aliphatic heterocycles. The molecule has 0 saturated carbocycles. The molecule has 1 fully saturated rings.